The van der Waals surface area contributed by atoms with E-state index in [2.05, 4.69) is 46.5 Å². The quantitative estimate of drug-likeness (QED) is 0.700. The average Bonchev–Trinajstić information content (AvgIpc) is 3.11. The van der Waals surface area contributed by atoms with Crippen LogP contribution in [0.5, 0.6) is 0 Å². The molecular formula is C22H31N3O2. The number of hydrogen-bond donors (Lipinski definition) is 0. The third-order valence-electron chi connectivity index (χ3n) is 5.66. The first-order valence-corrected chi connectivity index (χ1v) is 10.0. The number of ether oxygens (including phenoxy) is 1. The highest BCUT2D eigenvalue weighted by Gasteiger charge is 2.44. The fourth-order valence-electron chi connectivity index (χ4n) is 4.18. The molecule has 0 bridgehead atoms. The van der Waals surface area contributed by atoms with Gasteiger partial charge in [-0.3, -0.25) is 9.69 Å². The van der Waals surface area contributed by atoms with Crippen LogP contribution in [0.15, 0.2) is 36.7 Å². The van der Waals surface area contributed by atoms with Crippen molar-refractivity contribution in [3.8, 4) is 0 Å². The van der Waals surface area contributed by atoms with Gasteiger partial charge in [0.15, 0.2) is 0 Å². The second-order valence-electron chi connectivity index (χ2n) is 7.55. The maximum Gasteiger partial charge on any atom is 0.313 e. The van der Waals surface area contributed by atoms with E-state index in [0.29, 0.717) is 6.61 Å². The summed E-state index contributed by atoms with van der Waals surface area (Å²) in [4.78, 5) is 19.9. The van der Waals surface area contributed by atoms with Crippen LogP contribution in [0.2, 0.25) is 0 Å². The molecule has 146 valence electrons. The lowest BCUT2D eigenvalue weighted by molar-refractivity contribution is -0.159. The minimum absolute atomic E-state index is 0.0585. The zero-order valence-corrected chi connectivity index (χ0v) is 16.8. The van der Waals surface area contributed by atoms with Crippen molar-refractivity contribution in [2.24, 2.45) is 5.41 Å². The number of nitrogens with zero attached hydrogens (tertiary/aromatic N) is 3. The van der Waals surface area contributed by atoms with Crippen LogP contribution in [0, 0.1) is 12.3 Å². The highest BCUT2D eigenvalue weighted by Crippen LogP contribution is 2.36. The molecular weight excluding hydrogens is 338 g/mol. The molecule has 0 unspecified atom stereocenters. The molecule has 0 spiro atoms. The van der Waals surface area contributed by atoms with E-state index in [1.165, 1.54) is 11.1 Å². The van der Waals surface area contributed by atoms with Crippen molar-refractivity contribution in [1.29, 1.82) is 0 Å². The van der Waals surface area contributed by atoms with Crippen LogP contribution < -0.4 is 0 Å². The molecule has 0 amide bonds. The molecule has 0 N–H and O–H groups in total. The SMILES string of the molecule is CCOC(=O)[C@@]1(Cc2ccccc2C)CCCN(Cc2nccn2CC)C1. The number of likely N-dealkylation sites (tertiary alicyclic amines) is 1. The van der Waals surface area contributed by atoms with Crippen molar-refractivity contribution in [3.63, 3.8) is 0 Å². The molecule has 1 aliphatic heterocycles. The van der Waals surface area contributed by atoms with Crippen LogP contribution in [0.3, 0.4) is 0 Å². The van der Waals surface area contributed by atoms with E-state index in [-0.39, 0.29) is 5.97 Å². The number of benzene rings is 1. The first-order valence-electron chi connectivity index (χ1n) is 10.0. The summed E-state index contributed by atoms with van der Waals surface area (Å²) in [5.74, 6) is 1.00. The van der Waals surface area contributed by atoms with Crippen LogP contribution in [-0.4, -0.2) is 40.1 Å². The van der Waals surface area contributed by atoms with Gasteiger partial charge < -0.3 is 9.30 Å². The van der Waals surface area contributed by atoms with Gasteiger partial charge in [-0.15, -0.1) is 0 Å². The predicted molar refractivity (Wildman–Crippen MR) is 106 cm³/mol. The predicted octanol–water partition coefficient (Wildman–Crippen LogP) is 3.60. The summed E-state index contributed by atoms with van der Waals surface area (Å²) in [6, 6.07) is 8.36. The van der Waals surface area contributed by atoms with E-state index >= 15 is 0 Å². The molecule has 3 rings (SSSR count). The summed E-state index contributed by atoms with van der Waals surface area (Å²) in [5, 5.41) is 0. The summed E-state index contributed by atoms with van der Waals surface area (Å²) in [7, 11) is 0. The molecule has 5 nitrogen and oxygen atoms in total. The second kappa shape index (κ2) is 8.70. The summed E-state index contributed by atoms with van der Waals surface area (Å²) in [6.07, 6.45) is 6.48. The summed E-state index contributed by atoms with van der Waals surface area (Å²) in [6.45, 7) is 9.95. The lowest BCUT2D eigenvalue weighted by Gasteiger charge is -2.41. The number of carbonyl (C=O) groups excluding carboxylic acids is 1. The average molecular weight is 370 g/mol. The van der Waals surface area contributed by atoms with Crippen molar-refractivity contribution in [1.82, 2.24) is 14.5 Å². The van der Waals surface area contributed by atoms with Gasteiger partial charge in [-0.25, -0.2) is 4.98 Å². The largest absolute Gasteiger partial charge is 0.466 e. The smallest absolute Gasteiger partial charge is 0.313 e. The minimum atomic E-state index is -0.482. The molecule has 5 heteroatoms. The van der Waals surface area contributed by atoms with Gasteiger partial charge in [0.05, 0.1) is 18.6 Å². The molecule has 0 radical (unpaired) electrons. The molecule has 1 aliphatic rings. The molecule has 27 heavy (non-hydrogen) atoms. The van der Waals surface area contributed by atoms with Crippen LogP contribution >= 0.6 is 0 Å². The Morgan fingerprint density at radius 2 is 2.11 bits per heavy atom. The molecule has 1 aromatic carbocycles. The fourth-order valence-corrected chi connectivity index (χ4v) is 4.18. The van der Waals surface area contributed by atoms with E-state index in [9.17, 15) is 4.79 Å². The van der Waals surface area contributed by atoms with Crippen molar-refractivity contribution >= 4 is 5.97 Å². The zero-order valence-electron chi connectivity index (χ0n) is 16.8. The topological polar surface area (TPSA) is 47.4 Å². The van der Waals surface area contributed by atoms with Gasteiger partial charge in [-0.05, 0) is 57.7 Å². The Morgan fingerprint density at radius 1 is 1.30 bits per heavy atom. The lowest BCUT2D eigenvalue weighted by Crippen LogP contribution is -2.49. The van der Waals surface area contributed by atoms with Crippen molar-refractivity contribution < 1.29 is 9.53 Å². The van der Waals surface area contributed by atoms with Crippen molar-refractivity contribution in [2.45, 2.75) is 53.1 Å². The maximum atomic E-state index is 13.0. The highest BCUT2D eigenvalue weighted by atomic mass is 16.5. The molecule has 2 heterocycles. The van der Waals surface area contributed by atoms with Crippen molar-refractivity contribution in [2.75, 3.05) is 19.7 Å². The number of imidazole rings is 1. The Hall–Kier alpha value is -2.14. The van der Waals surface area contributed by atoms with E-state index < -0.39 is 5.41 Å². The number of aromatic nitrogens is 2. The highest BCUT2D eigenvalue weighted by molar-refractivity contribution is 5.78. The minimum Gasteiger partial charge on any atom is -0.466 e. The number of carbonyl (C=O) groups is 1. The first-order chi connectivity index (χ1) is 13.1. The number of aryl methyl sites for hydroxylation is 2. The van der Waals surface area contributed by atoms with Crippen LogP contribution in [0.1, 0.15) is 43.6 Å². The molecule has 1 aromatic heterocycles. The van der Waals surface area contributed by atoms with Gasteiger partial charge in [-0.1, -0.05) is 24.3 Å². The van der Waals surface area contributed by atoms with E-state index in [0.717, 1.165) is 51.3 Å². The molecule has 1 saturated heterocycles. The zero-order chi connectivity index (χ0) is 19.3. The lowest BCUT2D eigenvalue weighted by atomic mass is 9.74. The summed E-state index contributed by atoms with van der Waals surface area (Å²) in [5.41, 5.74) is 1.99. The number of rotatable bonds is 7. The molecule has 0 aliphatic carbocycles. The van der Waals surface area contributed by atoms with Gasteiger partial charge in [0.2, 0.25) is 0 Å². The van der Waals surface area contributed by atoms with Gasteiger partial charge >= 0.3 is 5.97 Å². The van der Waals surface area contributed by atoms with E-state index in [1.807, 2.05) is 25.4 Å². The Bertz CT molecular complexity index is 770. The Balaban J connectivity index is 1.83. The number of esters is 1. The van der Waals surface area contributed by atoms with Gasteiger partial charge in [0.1, 0.15) is 5.82 Å². The maximum absolute atomic E-state index is 13.0. The third-order valence-corrected chi connectivity index (χ3v) is 5.66. The van der Waals surface area contributed by atoms with Crippen LogP contribution in [-0.2, 0) is 29.0 Å². The Labute approximate surface area is 162 Å². The third kappa shape index (κ3) is 4.41. The van der Waals surface area contributed by atoms with Gasteiger partial charge in [0.25, 0.3) is 0 Å². The van der Waals surface area contributed by atoms with Crippen molar-refractivity contribution in [3.05, 3.63) is 53.6 Å². The molecule has 0 saturated carbocycles. The van der Waals surface area contributed by atoms with Gasteiger partial charge in [0, 0.05) is 25.5 Å². The first kappa shape index (κ1) is 19.6. The van der Waals surface area contributed by atoms with Crippen LogP contribution in [0.25, 0.3) is 0 Å². The summed E-state index contributed by atoms with van der Waals surface area (Å²) < 4.78 is 7.71. The normalized spacial score (nSPS) is 20.6. The van der Waals surface area contributed by atoms with Gasteiger partial charge in [-0.2, -0.15) is 0 Å². The standard InChI is InChI=1S/C22H31N3O2/c1-4-25-14-12-23-20(25)16-24-13-8-11-22(17-24,21(26)27-5-2)15-19-10-7-6-9-18(19)3/h6-7,9-10,12,14H,4-5,8,11,13,15-17H2,1-3H3/t22-/m1/s1. The monoisotopic (exact) mass is 369 g/mol. The van der Waals surface area contributed by atoms with E-state index in [4.69, 9.17) is 4.74 Å². The summed E-state index contributed by atoms with van der Waals surface area (Å²) >= 11 is 0. The second-order valence-corrected chi connectivity index (χ2v) is 7.55. The van der Waals surface area contributed by atoms with Crippen LogP contribution in [0.4, 0.5) is 0 Å². The number of piperidine rings is 1. The fraction of sp³-hybridized carbons (Fsp3) is 0.545. The molecule has 1 fully saturated rings. The Kier molecular flexibility index (Phi) is 6.32. The Morgan fingerprint density at radius 3 is 2.85 bits per heavy atom. The molecule has 1 atom stereocenters. The molecule has 2 aromatic rings. The number of hydrogen-bond acceptors (Lipinski definition) is 4. The van der Waals surface area contributed by atoms with E-state index in [1.54, 1.807) is 0 Å².